The van der Waals surface area contributed by atoms with Crippen LogP contribution in [0.1, 0.15) is 6.92 Å². The molecule has 0 amide bonds. The van der Waals surface area contributed by atoms with Gasteiger partial charge in [-0.05, 0) is 35.8 Å². The molecular weight excluding hydrogens is 252 g/mol. The largest absolute Gasteiger partial charge is 0.489 e. The molecule has 0 heterocycles. The predicted molar refractivity (Wildman–Crippen MR) is 78.8 cm³/mol. The van der Waals surface area contributed by atoms with Crippen molar-refractivity contribution in [2.75, 3.05) is 6.61 Å². The number of hydrogen-bond donors (Lipinski definition) is 1. The van der Waals surface area contributed by atoms with E-state index in [9.17, 15) is 4.79 Å². The highest BCUT2D eigenvalue weighted by atomic mass is 16.5. The summed E-state index contributed by atoms with van der Waals surface area (Å²) < 4.78 is 5.53. The summed E-state index contributed by atoms with van der Waals surface area (Å²) in [7, 11) is 0. The topological polar surface area (TPSA) is 46.5 Å². The standard InChI is InChI=1S/C17H16O3/c1-13(11-17(18)19)12-20-16-9-7-15(8-10-16)14-5-3-2-4-6-14/h2-11H,12H2,1H3,(H,18,19). The second kappa shape index (κ2) is 6.57. The molecule has 0 bridgehead atoms. The van der Waals surface area contributed by atoms with Crippen molar-refractivity contribution in [2.24, 2.45) is 0 Å². The first-order chi connectivity index (χ1) is 9.65. The second-order valence-electron chi connectivity index (χ2n) is 4.51. The highest BCUT2D eigenvalue weighted by Crippen LogP contribution is 2.22. The number of hydrogen-bond acceptors (Lipinski definition) is 2. The third-order valence-corrected chi connectivity index (χ3v) is 2.80. The van der Waals surface area contributed by atoms with Crippen molar-refractivity contribution >= 4 is 5.97 Å². The van der Waals surface area contributed by atoms with Crippen molar-refractivity contribution in [3.05, 3.63) is 66.2 Å². The van der Waals surface area contributed by atoms with Crippen LogP contribution in [0, 0.1) is 0 Å². The smallest absolute Gasteiger partial charge is 0.328 e. The molecule has 0 saturated heterocycles. The number of carboxylic acid groups (broad SMARTS) is 1. The van der Waals surface area contributed by atoms with Gasteiger partial charge in [0, 0.05) is 6.08 Å². The molecule has 1 N–H and O–H groups in total. The molecule has 0 radical (unpaired) electrons. The molecule has 20 heavy (non-hydrogen) atoms. The summed E-state index contributed by atoms with van der Waals surface area (Å²) in [6.45, 7) is 2.00. The Morgan fingerprint density at radius 2 is 1.65 bits per heavy atom. The zero-order valence-corrected chi connectivity index (χ0v) is 11.2. The lowest BCUT2D eigenvalue weighted by Crippen LogP contribution is -2.01. The van der Waals surface area contributed by atoms with E-state index in [-0.39, 0.29) is 6.61 Å². The van der Waals surface area contributed by atoms with Gasteiger partial charge in [-0.15, -0.1) is 0 Å². The molecule has 3 heteroatoms. The van der Waals surface area contributed by atoms with Gasteiger partial charge in [-0.1, -0.05) is 42.5 Å². The minimum Gasteiger partial charge on any atom is -0.489 e. The molecule has 0 aliphatic carbocycles. The van der Waals surface area contributed by atoms with Gasteiger partial charge in [0.15, 0.2) is 0 Å². The molecule has 0 unspecified atom stereocenters. The highest BCUT2D eigenvalue weighted by molar-refractivity contribution is 5.80. The minimum atomic E-state index is -0.953. The lowest BCUT2D eigenvalue weighted by molar-refractivity contribution is -0.131. The molecule has 0 atom stereocenters. The average Bonchev–Trinajstić information content (AvgIpc) is 2.46. The van der Waals surface area contributed by atoms with Gasteiger partial charge in [-0.25, -0.2) is 4.79 Å². The van der Waals surface area contributed by atoms with E-state index < -0.39 is 5.97 Å². The number of benzene rings is 2. The first-order valence-corrected chi connectivity index (χ1v) is 6.33. The average molecular weight is 268 g/mol. The van der Waals surface area contributed by atoms with Crippen LogP contribution in [0.2, 0.25) is 0 Å². The lowest BCUT2D eigenvalue weighted by atomic mass is 10.1. The number of rotatable bonds is 5. The Balaban J connectivity index is 2.01. The Morgan fingerprint density at radius 3 is 2.25 bits per heavy atom. The Hall–Kier alpha value is -2.55. The van der Waals surface area contributed by atoms with Gasteiger partial charge in [-0.2, -0.15) is 0 Å². The molecule has 0 saturated carbocycles. The van der Waals surface area contributed by atoms with E-state index in [0.29, 0.717) is 5.57 Å². The summed E-state index contributed by atoms with van der Waals surface area (Å²) in [5.41, 5.74) is 2.95. The molecule has 0 aromatic heterocycles. The summed E-state index contributed by atoms with van der Waals surface area (Å²) >= 11 is 0. The van der Waals surface area contributed by atoms with Crippen molar-refractivity contribution in [1.29, 1.82) is 0 Å². The monoisotopic (exact) mass is 268 g/mol. The summed E-state index contributed by atoms with van der Waals surface area (Å²) in [6, 6.07) is 17.8. The normalized spacial score (nSPS) is 11.2. The summed E-state index contributed by atoms with van der Waals surface area (Å²) in [4.78, 5) is 10.5. The Labute approximate surface area is 118 Å². The van der Waals surface area contributed by atoms with E-state index in [2.05, 4.69) is 12.1 Å². The zero-order valence-electron chi connectivity index (χ0n) is 11.2. The van der Waals surface area contributed by atoms with Crippen LogP contribution in [0.15, 0.2) is 66.2 Å². The maximum absolute atomic E-state index is 10.5. The van der Waals surface area contributed by atoms with Crippen LogP contribution in [0.3, 0.4) is 0 Å². The number of carboxylic acids is 1. The van der Waals surface area contributed by atoms with E-state index >= 15 is 0 Å². The van der Waals surface area contributed by atoms with Crippen LogP contribution in [-0.2, 0) is 4.79 Å². The predicted octanol–water partition coefficient (Wildman–Crippen LogP) is 3.76. The van der Waals surface area contributed by atoms with Gasteiger partial charge in [0.25, 0.3) is 0 Å². The van der Waals surface area contributed by atoms with Gasteiger partial charge in [0.1, 0.15) is 12.4 Å². The second-order valence-corrected chi connectivity index (χ2v) is 4.51. The van der Waals surface area contributed by atoms with Gasteiger partial charge in [0.05, 0.1) is 0 Å². The fourth-order valence-electron chi connectivity index (χ4n) is 1.82. The lowest BCUT2D eigenvalue weighted by Gasteiger charge is -2.07. The van der Waals surface area contributed by atoms with Crippen molar-refractivity contribution in [1.82, 2.24) is 0 Å². The van der Waals surface area contributed by atoms with Crippen molar-refractivity contribution in [3.8, 4) is 16.9 Å². The number of carbonyl (C=O) groups is 1. The Morgan fingerprint density at radius 1 is 1.05 bits per heavy atom. The number of aliphatic carboxylic acids is 1. The van der Waals surface area contributed by atoms with E-state index in [4.69, 9.17) is 9.84 Å². The van der Waals surface area contributed by atoms with Crippen molar-refractivity contribution in [3.63, 3.8) is 0 Å². The molecule has 2 aromatic carbocycles. The van der Waals surface area contributed by atoms with Crippen LogP contribution in [0.5, 0.6) is 5.75 Å². The van der Waals surface area contributed by atoms with Crippen LogP contribution < -0.4 is 4.74 Å². The summed E-state index contributed by atoms with van der Waals surface area (Å²) in [6.07, 6.45) is 1.15. The SMILES string of the molecule is CC(=CC(=O)O)COc1ccc(-c2ccccc2)cc1. The molecule has 2 aromatic rings. The van der Waals surface area contributed by atoms with E-state index in [0.717, 1.165) is 23.0 Å². The van der Waals surface area contributed by atoms with E-state index in [1.165, 1.54) is 0 Å². The molecule has 0 aliphatic heterocycles. The Kier molecular flexibility index (Phi) is 4.56. The first kappa shape index (κ1) is 13.9. The molecule has 0 spiro atoms. The van der Waals surface area contributed by atoms with Gasteiger partial charge in [-0.3, -0.25) is 0 Å². The zero-order chi connectivity index (χ0) is 14.4. The van der Waals surface area contributed by atoms with Gasteiger partial charge >= 0.3 is 5.97 Å². The third-order valence-electron chi connectivity index (χ3n) is 2.80. The summed E-state index contributed by atoms with van der Waals surface area (Å²) in [5.74, 6) is -0.228. The van der Waals surface area contributed by atoms with Crippen molar-refractivity contribution < 1.29 is 14.6 Å². The van der Waals surface area contributed by atoms with E-state index in [1.54, 1.807) is 6.92 Å². The van der Waals surface area contributed by atoms with E-state index in [1.807, 2.05) is 42.5 Å². The quantitative estimate of drug-likeness (QED) is 0.840. The molecule has 0 aliphatic rings. The maximum Gasteiger partial charge on any atom is 0.328 e. The van der Waals surface area contributed by atoms with Crippen molar-refractivity contribution in [2.45, 2.75) is 6.92 Å². The van der Waals surface area contributed by atoms with Crippen LogP contribution in [0.4, 0.5) is 0 Å². The van der Waals surface area contributed by atoms with Crippen LogP contribution in [-0.4, -0.2) is 17.7 Å². The summed E-state index contributed by atoms with van der Waals surface area (Å²) in [5, 5.41) is 8.61. The van der Waals surface area contributed by atoms with Gasteiger partial charge in [0.2, 0.25) is 0 Å². The molecular formula is C17H16O3. The third kappa shape index (κ3) is 3.99. The minimum absolute atomic E-state index is 0.275. The fraction of sp³-hybridized carbons (Fsp3) is 0.118. The molecule has 2 rings (SSSR count). The van der Waals surface area contributed by atoms with Gasteiger partial charge < -0.3 is 9.84 Å². The van der Waals surface area contributed by atoms with Crippen LogP contribution in [0.25, 0.3) is 11.1 Å². The molecule has 3 nitrogen and oxygen atoms in total. The number of ether oxygens (including phenoxy) is 1. The van der Waals surface area contributed by atoms with Crippen LogP contribution >= 0.6 is 0 Å². The maximum atomic E-state index is 10.5. The first-order valence-electron chi connectivity index (χ1n) is 6.33. The molecule has 102 valence electrons. The molecule has 0 fully saturated rings. The highest BCUT2D eigenvalue weighted by Gasteiger charge is 1.99. The fourth-order valence-corrected chi connectivity index (χ4v) is 1.82. The Bertz CT molecular complexity index is 598.